The molecule has 5 heteroatoms. The van der Waals surface area contributed by atoms with Gasteiger partial charge in [0.2, 0.25) is 0 Å². The van der Waals surface area contributed by atoms with Gasteiger partial charge in [-0.05, 0) is 43.3 Å². The van der Waals surface area contributed by atoms with Crippen LogP contribution in [0.25, 0.3) is 0 Å². The molecule has 0 amide bonds. The predicted molar refractivity (Wildman–Crippen MR) is 86.5 cm³/mol. The van der Waals surface area contributed by atoms with E-state index in [9.17, 15) is 0 Å². The zero-order valence-electron chi connectivity index (χ0n) is 12.3. The summed E-state index contributed by atoms with van der Waals surface area (Å²) in [5.41, 5.74) is 3.60. The number of morpholine rings is 1. The van der Waals surface area contributed by atoms with E-state index in [4.69, 9.17) is 17.0 Å². The van der Waals surface area contributed by atoms with Crippen LogP contribution < -0.4 is 15.5 Å². The van der Waals surface area contributed by atoms with Gasteiger partial charge in [-0.1, -0.05) is 12.1 Å². The first-order valence-electron chi connectivity index (χ1n) is 7.19. The fourth-order valence-electron chi connectivity index (χ4n) is 2.32. The Bertz CT molecular complexity index is 458. The van der Waals surface area contributed by atoms with Crippen molar-refractivity contribution < 1.29 is 9.64 Å². The number of hydrogen-bond donors (Lipinski definition) is 3. The summed E-state index contributed by atoms with van der Waals surface area (Å²) in [4.78, 5) is 1.58. The molecule has 1 saturated heterocycles. The SMILES string of the molecule is Cc1cccc(NC(=S)NCC[NH+]2CCOCC2)c1C. The van der Waals surface area contributed by atoms with Crippen molar-refractivity contribution in [3.05, 3.63) is 29.3 Å². The molecule has 0 bridgehead atoms. The molecule has 0 spiro atoms. The van der Waals surface area contributed by atoms with E-state index in [1.807, 2.05) is 6.07 Å². The Morgan fingerprint density at radius 1 is 1.30 bits per heavy atom. The Labute approximate surface area is 126 Å². The molecule has 2 rings (SSSR count). The first-order chi connectivity index (χ1) is 9.66. The number of rotatable bonds is 4. The van der Waals surface area contributed by atoms with Crippen LogP contribution in [0.2, 0.25) is 0 Å². The van der Waals surface area contributed by atoms with Crippen LogP contribution in [0.3, 0.4) is 0 Å². The number of hydrogen-bond acceptors (Lipinski definition) is 2. The maximum Gasteiger partial charge on any atom is 0.170 e. The summed E-state index contributed by atoms with van der Waals surface area (Å²) in [6.45, 7) is 10.1. The van der Waals surface area contributed by atoms with E-state index < -0.39 is 0 Å². The highest BCUT2D eigenvalue weighted by atomic mass is 32.1. The van der Waals surface area contributed by atoms with Gasteiger partial charge >= 0.3 is 0 Å². The lowest BCUT2D eigenvalue weighted by Gasteiger charge is -2.24. The van der Waals surface area contributed by atoms with E-state index in [0.717, 1.165) is 45.1 Å². The molecule has 1 heterocycles. The highest BCUT2D eigenvalue weighted by Crippen LogP contribution is 2.17. The van der Waals surface area contributed by atoms with E-state index in [-0.39, 0.29) is 0 Å². The van der Waals surface area contributed by atoms with Crippen LogP contribution >= 0.6 is 12.2 Å². The van der Waals surface area contributed by atoms with Gasteiger partial charge < -0.3 is 20.3 Å². The van der Waals surface area contributed by atoms with E-state index >= 15 is 0 Å². The average Bonchev–Trinajstić information content (AvgIpc) is 2.45. The van der Waals surface area contributed by atoms with Gasteiger partial charge in [-0.2, -0.15) is 0 Å². The Balaban J connectivity index is 1.73. The van der Waals surface area contributed by atoms with Crippen molar-refractivity contribution >= 4 is 23.0 Å². The zero-order valence-corrected chi connectivity index (χ0v) is 13.1. The van der Waals surface area contributed by atoms with Gasteiger partial charge in [-0.25, -0.2) is 0 Å². The minimum Gasteiger partial charge on any atom is -0.370 e. The third-order valence-electron chi connectivity index (χ3n) is 3.82. The van der Waals surface area contributed by atoms with Crippen LogP contribution in [0.1, 0.15) is 11.1 Å². The molecule has 1 aromatic carbocycles. The van der Waals surface area contributed by atoms with Crippen molar-refractivity contribution in [3.8, 4) is 0 Å². The van der Waals surface area contributed by atoms with Gasteiger partial charge in [0.1, 0.15) is 13.1 Å². The van der Waals surface area contributed by atoms with E-state index in [1.165, 1.54) is 11.1 Å². The van der Waals surface area contributed by atoms with Crippen molar-refractivity contribution in [2.75, 3.05) is 44.7 Å². The Morgan fingerprint density at radius 3 is 2.80 bits per heavy atom. The summed E-state index contributed by atoms with van der Waals surface area (Å²) in [7, 11) is 0. The number of quaternary nitrogens is 1. The monoisotopic (exact) mass is 294 g/mol. The third-order valence-corrected chi connectivity index (χ3v) is 4.06. The van der Waals surface area contributed by atoms with Crippen LogP contribution in [0.15, 0.2) is 18.2 Å². The van der Waals surface area contributed by atoms with E-state index in [2.05, 4.69) is 36.6 Å². The van der Waals surface area contributed by atoms with Crippen molar-refractivity contribution in [2.24, 2.45) is 0 Å². The van der Waals surface area contributed by atoms with Gasteiger partial charge in [0.25, 0.3) is 0 Å². The summed E-state index contributed by atoms with van der Waals surface area (Å²) in [6, 6.07) is 6.22. The third kappa shape index (κ3) is 4.44. The largest absolute Gasteiger partial charge is 0.370 e. The Morgan fingerprint density at radius 2 is 2.05 bits per heavy atom. The molecule has 0 radical (unpaired) electrons. The molecule has 1 fully saturated rings. The summed E-state index contributed by atoms with van der Waals surface area (Å²) < 4.78 is 5.35. The fraction of sp³-hybridized carbons (Fsp3) is 0.533. The number of aryl methyl sites for hydroxylation is 1. The maximum absolute atomic E-state index is 5.35. The number of nitrogens with one attached hydrogen (secondary N) is 3. The average molecular weight is 294 g/mol. The van der Waals surface area contributed by atoms with Crippen LogP contribution in [-0.4, -0.2) is 44.5 Å². The lowest BCUT2D eigenvalue weighted by atomic mass is 10.1. The highest BCUT2D eigenvalue weighted by Gasteiger charge is 2.13. The summed E-state index contributed by atoms with van der Waals surface area (Å²) in [5.74, 6) is 0. The van der Waals surface area contributed by atoms with Gasteiger partial charge in [0.15, 0.2) is 5.11 Å². The quantitative estimate of drug-likeness (QED) is 0.707. The smallest absolute Gasteiger partial charge is 0.170 e. The van der Waals surface area contributed by atoms with Gasteiger partial charge in [-0.15, -0.1) is 0 Å². The second kappa shape index (κ2) is 7.57. The molecule has 1 aliphatic heterocycles. The maximum atomic E-state index is 5.35. The van der Waals surface area contributed by atoms with Crippen molar-refractivity contribution in [3.63, 3.8) is 0 Å². The Kier molecular flexibility index (Phi) is 5.76. The van der Waals surface area contributed by atoms with Crippen LogP contribution in [0, 0.1) is 13.8 Å². The van der Waals surface area contributed by atoms with Gasteiger partial charge in [-0.3, -0.25) is 0 Å². The molecule has 1 aromatic rings. The molecule has 0 aliphatic carbocycles. The van der Waals surface area contributed by atoms with E-state index in [0.29, 0.717) is 5.11 Å². The number of thiocarbonyl (C=S) groups is 1. The van der Waals surface area contributed by atoms with Gasteiger partial charge in [0.05, 0.1) is 26.3 Å². The number of anilines is 1. The first-order valence-corrected chi connectivity index (χ1v) is 7.60. The predicted octanol–water partition coefficient (Wildman–Crippen LogP) is 0.505. The molecule has 0 atom stereocenters. The lowest BCUT2D eigenvalue weighted by Crippen LogP contribution is -3.14. The minimum atomic E-state index is 0.700. The standard InChI is InChI=1S/C15H23N3OS/c1-12-4-3-5-14(13(12)2)17-15(20)16-6-7-18-8-10-19-11-9-18/h3-5H,6-11H2,1-2H3,(H2,16,17,20)/p+1. The highest BCUT2D eigenvalue weighted by molar-refractivity contribution is 7.80. The Hall–Kier alpha value is -1.17. The number of ether oxygens (including phenoxy) is 1. The number of benzene rings is 1. The molecule has 1 aliphatic rings. The fourth-order valence-corrected chi connectivity index (χ4v) is 2.53. The molecule has 0 saturated carbocycles. The molecule has 20 heavy (non-hydrogen) atoms. The molecule has 0 unspecified atom stereocenters. The second-order valence-electron chi connectivity index (χ2n) is 5.24. The normalized spacial score (nSPS) is 15.9. The minimum absolute atomic E-state index is 0.700. The van der Waals surface area contributed by atoms with Crippen LogP contribution in [0.4, 0.5) is 5.69 Å². The molecule has 3 N–H and O–H groups in total. The first kappa shape index (κ1) is 15.2. The zero-order chi connectivity index (χ0) is 14.4. The summed E-state index contributed by atoms with van der Waals surface area (Å²) >= 11 is 5.35. The van der Waals surface area contributed by atoms with Crippen molar-refractivity contribution in [1.29, 1.82) is 0 Å². The molecular weight excluding hydrogens is 270 g/mol. The topological polar surface area (TPSA) is 37.7 Å². The van der Waals surface area contributed by atoms with Crippen LogP contribution in [0.5, 0.6) is 0 Å². The summed E-state index contributed by atoms with van der Waals surface area (Å²) in [6.07, 6.45) is 0. The lowest BCUT2D eigenvalue weighted by molar-refractivity contribution is -0.906. The molecule has 4 nitrogen and oxygen atoms in total. The van der Waals surface area contributed by atoms with Crippen molar-refractivity contribution in [1.82, 2.24) is 5.32 Å². The second-order valence-corrected chi connectivity index (χ2v) is 5.65. The van der Waals surface area contributed by atoms with Gasteiger partial charge in [0, 0.05) is 5.69 Å². The van der Waals surface area contributed by atoms with Crippen LogP contribution in [-0.2, 0) is 4.74 Å². The molecular formula is C15H24N3OS+. The van der Waals surface area contributed by atoms with E-state index in [1.54, 1.807) is 4.90 Å². The van der Waals surface area contributed by atoms with Crippen molar-refractivity contribution in [2.45, 2.75) is 13.8 Å². The molecule has 0 aromatic heterocycles. The molecule has 110 valence electrons. The summed E-state index contributed by atoms with van der Waals surface area (Å²) in [5, 5.41) is 7.26.